The second-order valence-corrected chi connectivity index (χ2v) is 4.94. The molecule has 4 heteroatoms. The van der Waals surface area contributed by atoms with E-state index in [4.69, 9.17) is 4.74 Å². The van der Waals surface area contributed by atoms with Crippen LogP contribution in [0.4, 0.5) is 0 Å². The van der Waals surface area contributed by atoms with Crippen molar-refractivity contribution in [2.24, 2.45) is 5.41 Å². The Morgan fingerprint density at radius 2 is 2.05 bits per heavy atom. The third kappa shape index (κ3) is 4.73. The van der Waals surface area contributed by atoms with Crippen molar-refractivity contribution >= 4 is 11.9 Å². The fourth-order valence-electron chi connectivity index (χ4n) is 2.46. The highest BCUT2D eigenvalue weighted by Gasteiger charge is 2.36. The van der Waals surface area contributed by atoms with Crippen LogP contribution in [0.2, 0.25) is 0 Å². The molecule has 20 heavy (non-hydrogen) atoms. The van der Waals surface area contributed by atoms with E-state index in [1.165, 1.54) is 14.2 Å². The number of hydrogen-bond donors (Lipinski definition) is 0. The van der Waals surface area contributed by atoms with E-state index in [1.54, 1.807) is 0 Å². The van der Waals surface area contributed by atoms with Crippen LogP contribution in [0.15, 0.2) is 12.2 Å². The van der Waals surface area contributed by atoms with Gasteiger partial charge in [-0.15, -0.1) is 0 Å². The minimum Gasteiger partial charge on any atom is -0.468 e. The minimum absolute atomic E-state index is 0.170. The van der Waals surface area contributed by atoms with Gasteiger partial charge in [0.1, 0.15) is 0 Å². The summed E-state index contributed by atoms with van der Waals surface area (Å²) in [5.41, 5.74) is -0.516. The summed E-state index contributed by atoms with van der Waals surface area (Å²) in [6.45, 7) is 0. The maximum absolute atomic E-state index is 12.1. The number of allylic oxidation sites excluding steroid dienone is 1. The van der Waals surface area contributed by atoms with Gasteiger partial charge < -0.3 is 9.47 Å². The van der Waals surface area contributed by atoms with Crippen LogP contribution in [-0.4, -0.2) is 26.2 Å². The molecule has 1 aliphatic rings. The molecule has 0 aliphatic heterocycles. The van der Waals surface area contributed by atoms with Gasteiger partial charge in [0.05, 0.1) is 19.6 Å². The fraction of sp³-hybridized carbons (Fsp3) is 0.625. The maximum Gasteiger partial charge on any atom is 0.384 e. The van der Waals surface area contributed by atoms with Gasteiger partial charge in [-0.1, -0.05) is 24.5 Å². The molecular weight excluding hydrogens is 256 g/mol. The SMILES string of the molecule is COC(=O)C#CCCC[C@]1(C(=O)OC)C=CCCCC1. The Kier molecular flexibility index (Phi) is 6.86. The predicted octanol–water partition coefficient (Wildman–Crippen LogP) is 2.62. The summed E-state index contributed by atoms with van der Waals surface area (Å²) in [5.74, 6) is 4.46. The number of hydrogen-bond acceptors (Lipinski definition) is 4. The van der Waals surface area contributed by atoms with Crippen LogP contribution in [0.5, 0.6) is 0 Å². The molecule has 0 bridgehead atoms. The fourth-order valence-corrected chi connectivity index (χ4v) is 2.46. The first kappa shape index (κ1) is 16.3. The van der Waals surface area contributed by atoms with Gasteiger partial charge >= 0.3 is 11.9 Å². The Labute approximate surface area is 120 Å². The number of esters is 2. The van der Waals surface area contributed by atoms with E-state index in [-0.39, 0.29) is 5.97 Å². The summed E-state index contributed by atoms with van der Waals surface area (Å²) < 4.78 is 9.40. The Hall–Kier alpha value is -1.76. The van der Waals surface area contributed by atoms with E-state index < -0.39 is 11.4 Å². The van der Waals surface area contributed by atoms with Crippen LogP contribution >= 0.6 is 0 Å². The highest BCUT2D eigenvalue weighted by molar-refractivity contribution is 5.88. The predicted molar refractivity (Wildman–Crippen MR) is 75.7 cm³/mol. The number of methoxy groups -OCH3 is 2. The lowest BCUT2D eigenvalue weighted by atomic mass is 9.79. The molecule has 0 spiro atoms. The van der Waals surface area contributed by atoms with Gasteiger partial charge in [-0.25, -0.2) is 4.79 Å². The van der Waals surface area contributed by atoms with E-state index in [0.29, 0.717) is 12.8 Å². The van der Waals surface area contributed by atoms with Crippen molar-refractivity contribution in [1.29, 1.82) is 0 Å². The van der Waals surface area contributed by atoms with Gasteiger partial charge in [-0.05, 0) is 32.1 Å². The summed E-state index contributed by atoms with van der Waals surface area (Å²) in [7, 11) is 2.74. The molecule has 0 radical (unpaired) electrons. The summed E-state index contributed by atoms with van der Waals surface area (Å²) >= 11 is 0. The zero-order valence-electron chi connectivity index (χ0n) is 12.2. The van der Waals surface area contributed by atoms with Gasteiger partial charge in [0.15, 0.2) is 0 Å². The van der Waals surface area contributed by atoms with Gasteiger partial charge in [-0.3, -0.25) is 4.79 Å². The molecule has 0 amide bonds. The van der Waals surface area contributed by atoms with Gasteiger partial charge in [0, 0.05) is 12.3 Å². The zero-order valence-corrected chi connectivity index (χ0v) is 12.2. The van der Waals surface area contributed by atoms with Crippen LogP contribution in [0.25, 0.3) is 0 Å². The van der Waals surface area contributed by atoms with E-state index in [0.717, 1.165) is 32.1 Å². The normalized spacial score (nSPS) is 21.3. The largest absolute Gasteiger partial charge is 0.468 e. The molecule has 0 aromatic carbocycles. The molecule has 0 fully saturated rings. The molecule has 1 aliphatic carbocycles. The second kappa shape index (κ2) is 8.42. The molecule has 1 rings (SSSR count). The summed E-state index contributed by atoms with van der Waals surface area (Å²) in [6.07, 6.45) is 10.1. The summed E-state index contributed by atoms with van der Waals surface area (Å²) in [6, 6.07) is 0. The first-order valence-corrected chi connectivity index (χ1v) is 6.97. The summed E-state index contributed by atoms with van der Waals surface area (Å²) in [4.78, 5) is 22.9. The third-order valence-electron chi connectivity index (χ3n) is 3.57. The maximum atomic E-state index is 12.1. The molecule has 0 unspecified atom stereocenters. The molecule has 4 nitrogen and oxygen atoms in total. The van der Waals surface area contributed by atoms with E-state index in [9.17, 15) is 9.59 Å². The molecule has 110 valence electrons. The lowest BCUT2D eigenvalue weighted by Crippen LogP contribution is -2.30. The van der Waals surface area contributed by atoms with Crippen molar-refractivity contribution in [3.63, 3.8) is 0 Å². The Bertz CT molecular complexity index is 427. The van der Waals surface area contributed by atoms with Crippen molar-refractivity contribution in [1.82, 2.24) is 0 Å². The van der Waals surface area contributed by atoms with Crippen LogP contribution in [0.3, 0.4) is 0 Å². The standard InChI is InChI=1S/C16H22O4/c1-19-14(17)10-6-5-9-13-16(15(18)20-2)11-7-3-4-8-12-16/h7,11H,3-5,8-9,12-13H2,1-2H3/t16-/m0/s1. The Morgan fingerprint density at radius 3 is 2.75 bits per heavy atom. The second-order valence-electron chi connectivity index (χ2n) is 4.94. The van der Waals surface area contributed by atoms with Crippen LogP contribution in [0.1, 0.15) is 44.9 Å². The van der Waals surface area contributed by atoms with Crippen LogP contribution < -0.4 is 0 Å². The first-order chi connectivity index (χ1) is 9.64. The third-order valence-corrected chi connectivity index (χ3v) is 3.57. The number of carbonyl (C=O) groups is 2. The highest BCUT2D eigenvalue weighted by Crippen LogP contribution is 2.36. The van der Waals surface area contributed by atoms with Crippen molar-refractivity contribution < 1.29 is 19.1 Å². The minimum atomic E-state index is -0.526. The number of ether oxygens (including phenoxy) is 2. The molecular formula is C16H22O4. The molecule has 0 saturated carbocycles. The number of carbonyl (C=O) groups excluding carboxylic acids is 2. The lowest BCUT2D eigenvalue weighted by Gasteiger charge is -2.26. The van der Waals surface area contributed by atoms with Gasteiger partial charge in [-0.2, -0.15) is 0 Å². The average molecular weight is 278 g/mol. The van der Waals surface area contributed by atoms with Crippen molar-refractivity contribution in [2.45, 2.75) is 44.9 Å². The van der Waals surface area contributed by atoms with Crippen LogP contribution in [-0.2, 0) is 19.1 Å². The monoisotopic (exact) mass is 278 g/mol. The lowest BCUT2D eigenvalue weighted by molar-refractivity contribution is -0.150. The van der Waals surface area contributed by atoms with Crippen molar-refractivity contribution in [3.8, 4) is 11.8 Å². The smallest absolute Gasteiger partial charge is 0.384 e. The summed E-state index contributed by atoms with van der Waals surface area (Å²) in [5, 5.41) is 0. The molecule has 0 heterocycles. The highest BCUT2D eigenvalue weighted by atomic mass is 16.5. The Balaban J connectivity index is 2.59. The zero-order chi connectivity index (χ0) is 14.8. The molecule has 0 aromatic rings. The first-order valence-electron chi connectivity index (χ1n) is 6.97. The number of unbranched alkanes of at least 4 members (excludes halogenated alkanes) is 1. The average Bonchev–Trinajstić information content (AvgIpc) is 2.72. The quantitative estimate of drug-likeness (QED) is 0.261. The van der Waals surface area contributed by atoms with Crippen LogP contribution in [0, 0.1) is 17.3 Å². The molecule has 1 atom stereocenters. The van der Waals surface area contributed by atoms with E-state index in [2.05, 4.69) is 22.7 Å². The molecule has 0 aromatic heterocycles. The van der Waals surface area contributed by atoms with Crippen molar-refractivity contribution in [3.05, 3.63) is 12.2 Å². The topological polar surface area (TPSA) is 52.6 Å². The van der Waals surface area contributed by atoms with Gasteiger partial charge in [0.25, 0.3) is 0 Å². The molecule has 0 N–H and O–H groups in total. The van der Waals surface area contributed by atoms with E-state index >= 15 is 0 Å². The van der Waals surface area contributed by atoms with Crippen molar-refractivity contribution in [2.75, 3.05) is 14.2 Å². The van der Waals surface area contributed by atoms with Gasteiger partial charge in [0.2, 0.25) is 0 Å². The Morgan fingerprint density at radius 1 is 1.25 bits per heavy atom. The van der Waals surface area contributed by atoms with E-state index in [1.807, 2.05) is 6.08 Å². The molecule has 0 saturated heterocycles. The number of rotatable bonds is 4.